The van der Waals surface area contributed by atoms with Crippen molar-refractivity contribution in [1.82, 2.24) is 0 Å². The molecule has 0 radical (unpaired) electrons. The molecule has 24 heavy (non-hydrogen) atoms. The van der Waals surface area contributed by atoms with Gasteiger partial charge in [0.05, 0.1) is 18.6 Å². The van der Waals surface area contributed by atoms with Crippen LogP contribution in [0.5, 0.6) is 0 Å². The zero-order valence-corrected chi connectivity index (χ0v) is 16.2. The molecule has 0 saturated heterocycles. The van der Waals surface area contributed by atoms with Crippen molar-refractivity contribution in [2.24, 2.45) is 34.0 Å². The summed E-state index contributed by atoms with van der Waals surface area (Å²) in [7, 11) is 1.53. The zero-order chi connectivity index (χ0) is 17.8. The highest BCUT2D eigenvalue weighted by Gasteiger charge is 2.61. The van der Waals surface area contributed by atoms with Gasteiger partial charge in [0.25, 0.3) is 0 Å². The first-order valence-corrected chi connectivity index (χ1v) is 9.99. The van der Waals surface area contributed by atoms with Crippen LogP contribution in [0.1, 0.15) is 79.1 Å². The van der Waals surface area contributed by atoms with Crippen molar-refractivity contribution in [3.8, 4) is 0 Å². The summed E-state index contributed by atoms with van der Waals surface area (Å²) in [5, 5.41) is 11.1. The Morgan fingerprint density at radius 3 is 2.46 bits per heavy atom. The molecular weight excluding hydrogens is 300 g/mol. The van der Waals surface area contributed by atoms with Crippen molar-refractivity contribution in [2.75, 3.05) is 7.11 Å². The van der Waals surface area contributed by atoms with E-state index in [1.165, 1.54) is 20.0 Å². The Bertz CT molecular complexity index is 503. The highest BCUT2D eigenvalue weighted by Crippen LogP contribution is 2.65. The van der Waals surface area contributed by atoms with Crippen molar-refractivity contribution < 1.29 is 14.6 Å². The molecule has 3 heteroatoms. The van der Waals surface area contributed by atoms with Crippen molar-refractivity contribution in [1.29, 1.82) is 0 Å². The topological polar surface area (TPSA) is 46.5 Å². The van der Waals surface area contributed by atoms with Crippen LogP contribution in [-0.4, -0.2) is 24.3 Å². The van der Waals surface area contributed by atoms with Crippen LogP contribution in [0.4, 0.5) is 0 Å². The molecule has 0 bridgehead atoms. The molecule has 3 saturated carbocycles. The van der Waals surface area contributed by atoms with E-state index in [-0.39, 0.29) is 28.3 Å². The van der Waals surface area contributed by atoms with Gasteiger partial charge in [-0.3, -0.25) is 4.79 Å². The number of aliphatic hydroxyl groups excluding tert-OH is 1. The number of carbonyl (C=O) groups excluding carboxylic acids is 1. The lowest BCUT2D eigenvalue weighted by atomic mass is 9.42. The number of hydrogen-bond acceptors (Lipinski definition) is 3. The van der Waals surface area contributed by atoms with Gasteiger partial charge in [-0.15, -0.1) is 0 Å². The van der Waals surface area contributed by atoms with E-state index in [2.05, 4.69) is 27.7 Å². The normalized spacial score (nSPS) is 51.4. The average Bonchev–Trinajstić information content (AvgIpc) is 2.57. The largest absolute Gasteiger partial charge is 0.469 e. The third-order valence-corrected chi connectivity index (χ3v) is 8.73. The maximum Gasteiger partial charge on any atom is 0.311 e. The number of rotatable bonds is 2. The molecule has 3 aliphatic carbocycles. The number of carbonyl (C=O) groups is 1. The molecule has 0 unspecified atom stereocenters. The summed E-state index contributed by atoms with van der Waals surface area (Å²) in [5.74, 6) is 1.33. The van der Waals surface area contributed by atoms with E-state index in [4.69, 9.17) is 4.74 Å². The van der Waals surface area contributed by atoms with Crippen molar-refractivity contribution >= 4 is 5.97 Å². The summed E-state index contributed by atoms with van der Waals surface area (Å²) >= 11 is 0. The lowest BCUT2D eigenvalue weighted by Gasteiger charge is -2.63. The lowest BCUT2D eigenvalue weighted by molar-refractivity contribution is -0.191. The van der Waals surface area contributed by atoms with Crippen LogP contribution >= 0.6 is 0 Å². The van der Waals surface area contributed by atoms with E-state index >= 15 is 0 Å². The molecular formula is C21H36O3. The van der Waals surface area contributed by atoms with Crippen LogP contribution in [0.15, 0.2) is 0 Å². The van der Waals surface area contributed by atoms with Gasteiger partial charge in [-0.2, -0.15) is 0 Å². The SMILES string of the molecule is CC[C@@]1(C)CC[C@H]2[C@@H](CC[C@@H]3[C@]2(C)CCC[C@@]3(C)C(=O)OC)[C@@H]1O. The van der Waals surface area contributed by atoms with Gasteiger partial charge in [-0.05, 0) is 80.5 Å². The summed E-state index contributed by atoms with van der Waals surface area (Å²) in [6.07, 6.45) is 8.55. The minimum Gasteiger partial charge on any atom is -0.469 e. The van der Waals surface area contributed by atoms with Crippen molar-refractivity contribution in [3.05, 3.63) is 0 Å². The second-order valence-electron chi connectivity index (χ2n) is 9.66. The van der Waals surface area contributed by atoms with Crippen molar-refractivity contribution in [2.45, 2.75) is 85.2 Å². The van der Waals surface area contributed by atoms with Gasteiger partial charge >= 0.3 is 5.97 Å². The molecule has 138 valence electrons. The molecule has 1 N–H and O–H groups in total. The number of aliphatic hydroxyl groups is 1. The first-order valence-electron chi connectivity index (χ1n) is 9.99. The van der Waals surface area contributed by atoms with E-state index in [1.54, 1.807) is 0 Å². The first-order chi connectivity index (χ1) is 11.2. The second kappa shape index (κ2) is 6.00. The molecule has 3 nitrogen and oxygen atoms in total. The van der Waals surface area contributed by atoms with Gasteiger partial charge < -0.3 is 9.84 Å². The highest BCUT2D eigenvalue weighted by molar-refractivity contribution is 5.77. The van der Waals surface area contributed by atoms with E-state index in [0.717, 1.165) is 38.5 Å². The fourth-order valence-electron chi connectivity index (χ4n) is 6.99. The van der Waals surface area contributed by atoms with Gasteiger partial charge in [-0.1, -0.05) is 27.2 Å². The molecule has 0 aromatic rings. The monoisotopic (exact) mass is 336 g/mol. The Morgan fingerprint density at radius 1 is 1.12 bits per heavy atom. The maximum absolute atomic E-state index is 12.6. The minimum atomic E-state index is -0.344. The molecule has 0 spiro atoms. The number of fused-ring (bicyclic) bond motifs is 3. The number of esters is 1. The summed E-state index contributed by atoms with van der Waals surface area (Å²) in [4.78, 5) is 12.6. The van der Waals surface area contributed by atoms with E-state index in [9.17, 15) is 9.90 Å². The average molecular weight is 337 g/mol. The van der Waals surface area contributed by atoms with Crippen molar-refractivity contribution in [3.63, 3.8) is 0 Å². The zero-order valence-electron chi connectivity index (χ0n) is 16.2. The molecule has 3 fully saturated rings. The molecule has 0 aromatic carbocycles. The second-order valence-corrected chi connectivity index (χ2v) is 9.66. The van der Waals surface area contributed by atoms with Gasteiger partial charge in [0, 0.05) is 0 Å². The minimum absolute atomic E-state index is 0.0216. The number of hydrogen-bond donors (Lipinski definition) is 1. The van der Waals surface area contributed by atoms with Crippen LogP contribution in [-0.2, 0) is 9.53 Å². The Kier molecular flexibility index (Phi) is 4.56. The van der Waals surface area contributed by atoms with Gasteiger partial charge in [0.2, 0.25) is 0 Å². The van der Waals surface area contributed by atoms with Gasteiger partial charge in [0.1, 0.15) is 0 Å². The Morgan fingerprint density at radius 2 is 1.83 bits per heavy atom. The lowest BCUT2D eigenvalue weighted by Crippen LogP contribution is -2.59. The fourth-order valence-corrected chi connectivity index (χ4v) is 6.99. The number of ether oxygens (including phenoxy) is 1. The molecule has 0 aromatic heterocycles. The van der Waals surface area contributed by atoms with E-state index in [1.807, 2.05) is 0 Å². The third kappa shape index (κ3) is 2.37. The van der Waals surface area contributed by atoms with Crippen LogP contribution in [0.25, 0.3) is 0 Å². The Hall–Kier alpha value is -0.570. The molecule has 0 aliphatic heterocycles. The molecule has 0 heterocycles. The van der Waals surface area contributed by atoms with E-state index < -0.39 is 0 Å². The quantitative estimate of drug-likeness (QED) is 0.751. The van der Waals surface area contributed by atoms with Gasteiger partial charge in [0.15, 0.2) is 0 Å². The molecule has 3 rings (SSSR count). The van der Waals surface area contributed by atoms with Crippen LogP contribution in [0.2, 0.25) is 0 Å². The smallest absolute Gasteiger partial charge is 0.311 e. The third-order valence-electron chi connectivity index (χ3n) is 8.73. The van der Waals surface area contributed by atoms with Crippen LogP contribution in [0, 0.1) is 34.0 Å². The van der Waals surface area contributed by atoms with Crippen LogP contribution < -0.4 is 0 Å². The van der Waals surface area contributed by atoms with Gasteiger partial charge in [-0.25, -0.2) is 0 Å². The van der Waals surface area contributed by atoms with Crippen LogP contribution in [0.3, 0.4) is 0 Å². The summed E-state index contributed by atoms with van der Waals surface area (Å²) in [5.41, 5.74) is -0.103. The maximum atomic E-state index is 12.6. The molecule has 7 atom stereocenters. The predicted molar refractivity (Wildman–Crippen MR) is 95.4 cm³/mol. The fraction of sp³-hybridized carbons (Fsp3) is 0.952. The first kappa shape index (κ1) is 18.2. The molecule has 0 amide bonds. The van der Waals surface area contributed by atoms with E-state index in [0.29, 0.717) is 17.8 Å². The molecule has 3 aliphatic rings. The standard InChI is InChI=1S/C21H36O3/c1-6-19(2)13-10-15-14(17(19)22)8-9-16-20(15,3)11-7-12-21(16,4)18(23)24-5/h14-17,22H,6-13H2,1-5H3/t14-,15+,16-,17+,19+,20-,21-/m1/s1. The summed E-state index contributed by atoms with van der Waals surface area (Å²) < 4.78 is 5.21. The Labute approximate surface area is 147 Å². The predicted octanol–water partition coefficient (Wildman–Crippen LogP) is 4.57. The highest BCUT2D eigenvalue weighted by atomic mass is 16.5. The Balaban J connectivity index is 1.93. The summed E-state index contributed by atoms with van der Waals surface area (Å²) in [6, 6.07) is 0. The summed E-state index contributed by atoms with van der Waals surface area (Å²) in [6.45, 7) is 9.03. The number of methoxy groups -OCH3 is 1.